The van der Waals surface area contributed by atoms with E-state index in [2.05, 4.69) is 29.6 Å². The molecule has 2 heteroatoms. The Morgan fingerprint density at radius 1 is 0.720 bits per heavy atom. The molecule has 1 atom stereocenters. The predicted molar refractivity (Wildman–Crippen MR) is 102 cm³/mol. The molecule has 3 rings (SSSR count). The number of carbonyl (C=O) groups is 1. The van der Waals surface area contributed by atoms with Crippen LogP contribution < -0.4 is 5.32 Å². The highest BCUT2D eigenvalue weighted by molar-refractivity contribution is 5.78. The van der Waals surface area contributed by atoms with Crippen LogP contribution in [0.3, 0.4) is 0 Å². The molecule has 0 aromatic heterocycles. The van der Waals surface area contributed by atoms with E-state index in [1.54, 1.807) is 0 Å². The van der Waals surface area contributed by atoms with Crippen molar-refractivity contribution in [2.45, 2.75) is 25.3 Å². The molecule has 25 heavy (non-hydrogen) atoms. The molecule has 0 spiro atoms. The van der Waals surface area contributed by atoms with Crippen molar-refractivity contribution in [1.29, 1.82) is 0 Å². The van der Waals surface area contributed by atoms with Crippen molar-refractivity contribution < 1.29 is 4.79 Å². The summed E-state index contributed by atoms with van der Waals surface area (Å²) in [6.07, 6.45) is 0.436. The summed E-state index contributed by atoms with van der Waals surface area (Å²) in [5.74, 6) is 0.124. The lowest BCUT2D eigenvalue weighted by atomic mass is 9.88. The van der Waals surface area contributed by atoms with Crippen molar-refractivity contribution in [2.24, 2.45) is 0 Å². The van der Waals surface area contributed by atoms with Crippen molar-refractivity contribution in [1.82, 2.24) is 5.32 Å². The summed E-state index contributed by atoms with van der Waals surface area (Å²) in [6, 6.07) is 30.5. The van der Waals surface area contributed by atoms with Crippen LogP contribution in [0.1, 0.15) is 42.0 Å². The summed E-state index contributed by atoms with van der Waals surface area (Å²) in [7, 11) is 0. The third-order valence-electron chi connectivity index (χ3n) is 4.47. The third-order valence-corrected chi connectivity index (χ3v) is 4.47. The topological polar surface area (TPSA) is 29.1 Å². The Bertz CT molecular complexity index is 745. The van der Waals surface area contributed by atoms with Crippen molar-refractivity contribution >= 4 is 5.91 Å². The predicted octanol–water partition coefficient (Wildman–Crippen LogP) is 5.09. The van der Waals surface area contributed by atoms with Crippen LogP contribution in [0.2, 0.25) is 0 Å². The van der Waals surface area contributed by atoms with E-state index in [9.17, 15) is 4.79 Å². The van der Waals surface area contributed by atoms with Gasteiger partial charge in [0.1, 0.15) is 0 Å². The van der Waals surface area contributed by atoms with Gasteiger partial charge in [0, 0.05) is 12.3 Å². The minimum atomic E-state index is 0.000830. The van der Waals surface area contributed by atoms with Gasteiger partial charge in [-0.15, -0.1) is 0 Å². The van der Waals surface area contributed by atoms with Crippen LogP contribution in [0.25, 0.3) is 0 Å². The Morgan fingerprint density at radius 2 is 1.12 bits per heavy atom. The molecule has 0 bridgehead atoms. The van der Waals surface area contributed by atoms with Gasteiger partial charge in [-0.1, -0.05) is 91.0 Å². The highest BCUT2D eigenvalue weighted by Crippen LogP contribution is 2.28. The number of benzene rings is 3. The van der Waals surface area contributed by atoms with Crippen LogP contribution in [0.15, 0.2) is 91.0 Å². The van der Waals surface area contributed by atoms with Crippen molar-refractivity contribution in [3.63, 3.8) is 0 Å². The molecule has 126 valence electrons. The third kappa shape index (κ3) is 4.57. The molecule has 3 aromatic carbocycles. The Balaban J connectivity index is 1.75. The highest BCUT2D eigenvalue weighted by Gasteiger charge is 2.19. The van der Waals surface area contributed by atoms with Crippen LogP contribution >= 0.6 is 0 Å². The first-order valence-corrected chi connectivity index (χ1v) is 8.68. The SMILES string of the molecule is C[C@@H](NC(=O)CC(c1ccccc1)c1ccccc1)c1ccccc1. The van der Waals surface area contributed by atoms with E-state index < -0.39 is 0 Å². The smallest absolute Gasteiger partial charge is 0.221 e. The van der Waals surface area contributed by atoms with Gasteiger partial charge in [-0.2, -0.15) is 0 Å². The van der Waals surface area contributed by atoms with Crippen LogP contribution in [0.4, 0.5) is 0 Å². The Hall–Kier alpha value is -2.87. The Morgan fingerprint density at radius 3 is 1.56 bits per heavy atom. The number of amides is 1. The molecule has 0 aliphatic heterocycles. The average Bonchev–Trinajstić information content (AvgIpc) is 2.68. The molecule has 0 fully saturated rings. The summed E-state index contributed by atoms with van der Waals surface area (Å²) in [4.78, 5) is 12.7. The number of carbonyl (C=O) groups excluding carboxylic acids is 1. The maximum absolute atomic E-state index is 12.7. The quantitative estimate of drug-likeness (QED) is 0.671. The van der Waals surface area contributed by atoms with Crippen molar-refractivity contribution in [3.8, 4) is 0 Å². The molecule has 1 N–H and O–H groups in total. The van der Waals surface area contributed by atoms with Gasteiger partial charge in [-0.05, 0) is 23.6 Å². The molecule has 0 aliphatic carbocycles. The largest absolute Gasteiger partial charge is 0.350 e. The van der Waals surface area contributed by atoms with Crippen LogP contribution in [-0.2, 0) is 4.79 Å². The van der Waals surface area contributed by atoms with Gasteiger partial charge >= 0.3 is 0 Å². The molecule has 0 saturated heterocycles. The maximum Gasteiger partial charge on any atom is 0.221 e. The molecular weight excluding hydrogens is 306 g/mol. The molecule has 0 unspecified atom stereocenters. The first-order chi connectivity index (χ1) is 12.2. The van der Waals surface area contributed by atoms with Gasteiger partial charge < -0.3 is 5.32 Å². The van der Waals surface area contributed by atoms with E-state index in [1.807, 2.05) is 73.7 Å². The monoisotopic (exact) mass is 329 g/mol. The molecule has 1 amide bonds. The fourth-order valence-corrected chi connectivity index (χ4v) is 3.11. The zero-order chi connectivity index (χ0) is 17.5. The van der Waals surface area contributed by atoms with Gasteiger partial charge in [0.25, 0.3) is 0 Å². The van der Waals surface area contributed by atoms with Crippen LogP contribution in [-0.4, -0.2) is 5.91 Å². The number of rotatable bonds is 6. The standard InChI is InChI=1S/C23H23NO/c1-18(19-11-5-2-6-12-19)24-23(25)17-22(20-13-7-3-8-14-20)21-15-9-4-10-16-21/h2-16,18,22H,17H2,1H3,(H,24,25)/t18-/m1/s1. The first-order valence-electron chi connectivity index (χ1n) is 8.68. The second-order valence-corrected chi connectivity index (χ2v) is 6.28. The summed E-state index contributed by atoms with van der Waals surface area (Å²) >= 11 is 0. The Kier molecular flexibility index (Phi) is 5.63. The second-order valence-electron chi connectivity index (χ2n) is 6.28. The van der Waals surface area contributed by atoms with Crippen molar-refractivity contribution in [3.05, 3.63) is 108 Å². The average molecular weight is 329 g/mol. The summed E-state index contributed by atoms with van der Waals surface area (Å²) in [5, 5.41) is 3.13. The summed E-state index contributed by atoms with van der Waals surface area (Å²) in [6.45, 7) is 2.02. The molecule has 0 saturated carbocycles. The normalized spacial score (nSPS) is 11.9. The van der Waals surface area contributed by atoms with Gasteiger partial charge in [0.15, 0.2) is 0 Å². The number of hydrogen-bond acceptors (Lipinski definition) is 1. The van der Waals surface area contributed by atoms with Gasteiger partial charge in [0.05, 0.1) is 6.04 Å². The molecule has 0 aliphatic rings. The van der Waals surface area contributed by atoms with Crippen LogP contribution in [0, 0.1) is 0 Å². The lowest BCUT2D eigenvalue weighted by molar-refractivity contribution is -0.121. The van der Waals surface area contributed by atoms with E-state index in [0.29, 0.717) is 6.42 Å². The fraction of sp³-hybridized carbons (Fsp3) is 0.174. The summed E-state index contributed by atoms with van der Waals surface area (Å²) < 4.78 is 0. The van der Waals surface area contributed by atoms with Gasteiger partial charge in [-0.25, -0.2) is 0 Å². The maximum atomic E-state index is 12.7. The number of nitrogens with one attached hydrogen (secondary N) is 1. The second kappa shape index (κ2) is 8.29. The van der Waals surface area contributed by atoms with E-state index in [1.165, 1.54) is 0 Å². The van der Waals surface area contributed by atoms with Gasteiger partial charge in [-0.3, -0.25) is 4.79 Å². The van der Waals surface area contributed by atoms with Gasteiger partial charge in [0.2, 0.25) is 5.91 Å². The van der Waals surface area contributed by atoms with E-state index in [0.717, 1.165) is 16.7 Å². The summed E-state index contributed by atoms with van der Waals surface area (Å²) in [5.41, 5.74) is 3.44. The van der Waals surface area contributed by atoms with E-state index in [4.69, 9.17) is 0 Å². The lowest BCUT2D eigenvalue weighted by Crippen LogP contribution is -2.28. The lowest BCUT2D eigenvalue weighted by Gasteiger charge is -2.20. The molecule has 3 aromatic rings. The van der Waals surface area contributed by atoms with Crippen molar-refractivity contribution in [2.75, 3.05) is 0 Å². The Labute approximate surface area is 149 Å². The van der Waals surface area contributed by atoms with E-state index >= 15 is 0 Å². The minimum absolute atomic E-state index is 0.000830. The van der Waals surface area contributed by atoms with Crippen LogP contribution in [0.5, 0.6) is 0 Å². The highest BCUT2D eigenvalue weighted by atomic mass is 16.1. The minimum Gasteiger partial charge on any atom is -0.350 e. The fourth-order valence-electron chi connectivity index (χ4n) is 3.11. The molecule has 0 heterocycles. The number of hydrogen-bond donors (Lipinski definition) is 1. The van der Waals surface area contributed by atoms with E-state index in [-0.39, 0.29) is 17.9 Å². The zero-order valence-corrected chi connectivity index (χ0v) is 14.4. The first kappa shape index (κ1) is 17.0. The molecule has 0 radical (unpaired) electrons. The molecule has 2 nitrogen and oxygen atoms in total. The molecular formula is C23H23NO. The zero-order valence-electron chi connectivity index (χ0n) is 14.4.